The summed E-state index contributed by atoms with van der Waals surface area (Å²) in [5.41, 5.74) is 3.03. The highest BCUT2D eigenvalue weighted by Crippen LogP contribution is 2.22. The Bertz CT molecular complexity index is 950. The van der Waals surface area contributed by atoms with Gasteiger partial charge in [0.25, 0.3) is 5.91 Å². The van der Waals surface area contributed by atoms with Gasteiger partial charge < -0.3 is 10.1 Å². The topological polar surface area (TPSA) is 73.2 Å². The number of esters is 1. The number of hydrogen-bond acceptors (Lipinski definition) is 4. The fraction of sp³-hybridized carbons (Fsp3) is 0.150. The van der Waals surface area contributed by atoms with Gasteiger partial charge in [0.1, 0.15) is 0 Å². The van der Waals surface area contributed by atoms with E-state index in [9.17, 15) is 9.59 Å². The molecule has 6 heteroatoms. The summed E-state index contributed by atoms with van der Waals surface area (Å²) in [6.07, 6.45) is 3.15. The zero-order chi connectivity index (χ0) is 17.9. The van der Waals surface area contributed by atoms with Gasteiger partial charge in [0, 0.05) is 24.5 Å². The lowest BCUT2D eigenvalue weighted by Crippen LogP contribution is -2.37. The number of aromatic nitrogens is 2. The standard InChI is InChI=1S/C20H17N3O3/c24-19(18-12-15-6-1-2-8-17(15)20(25)26-18)22-16-7-3-5-14(11-16)13-23-10-4-9-21-23/h1-11,18H,12-13H2,(H,22,24). The lowest BCUT2D eigenvalue weighted by atomic mass is 9.98. The summed E-state index contributed by atoms with van der Waals surface area (Å²) < 4.78 is 7.10. The Balaban J connectivity index is 1.46. The highest BCUT2D eigenvalue weighted by atomic mass is 16.5. The van der Waals surface area contributed by atoms with Gasteiger partial charge in [0.15, 0.2) is 6.10 Å². The van der Waals surface area contributed by atoms with Gasteiger partial charge >= 0.3 is 5.97 Å². The molecule has 1 N–H and O–H groups in total. The van der Waals surface area contributed by atoms with Crippen LogP contribution in [0.2, 0.25) is 0 Å². The third-order valence-electron chi connectivity index (χ3n) is 4.28. The molecule has 1 atom stereocenters. The van der Waals surface area contributed by atoms with E-state index in [1.54, 1.807) is 23.0 Å². The molecule has 1 amide bonds. The highest BCUT2D eigenvalue weighted by molar-refractivity contribution is 6.00. The summed E-state index contributed by atoms with van der Waals surface area (Å²) in [6, 6.07) is 16.6. The second-order valence-corrected chi connectivity index (χ2v) is 6.15. The van der Waals surface area contributed by atoms with Crippen molar-refractivity contribution in [3.8, 4) is 0 Å². The van der Waals surface area contributed by atoms with Gasteiger partial charge in [-0.1, -0.05) is 30.3 Å². The molecule has 26 heavy (non-hydrogen) atoms. The summed E-state index contributed by atoms with van der Waals surface area (Å²) >= 11 is 0. The van der Waals surface area contributed by atoms with Gasteiger partial charge in [-0.2, -0.15) is 5.10 Å². The van der Waals surface area contributed by atoms with Gasteiger partial charge in [-0.05, 0) is 35.4 Å². The number of nitrogens with one attached hydrogen (secondary N) is 1. The largest absolute Gasteiger partial charge is 0.448 e. The van der Waals surface area contributed by atoms with Crippen LogP contribution < -0.4 is 5.32 Å². The van der Waals surface area contributed by atoms with E-state index in [0.29, 0.717) is 24.2 Å². The number of carbonyl (C=O) groups excluding carboxylic acids is 2. The molecule has 1 aliphatic rings. The lowest BCUT2D eigenvalue weighted by Gasteiger charge is -2.23. The maximum atomic E-state index is 12.5. The summed E-state index contributed by atoms with van der Waals surface area (Å²) in [5.74, 6) is -0.788. The van der Waals surface area contributed by atoms with Crippen LogP contribution in [0, 0.1) is 0 Å². The summed E-state index contributed by atoms with van der Waals surface area (Å²) in [4.78, 5) is 24.6. The molecule has 2 heterocycles. The SMILES string of the molecule is O=C1OC(C(=O)Nc2cccc(Cn3cccn3)c2)Cc2ccccc21. The first-order valence-corrected chi connectivity index (χ1v) is 8.35. The number of anilines is 1. The van der Waals surface area contributed by atoms with Crippen LogP contribution in [0.1, 0.15) is 21.5 Å². The number of fused-ring (bicyclic) bond motifs is 1. The molecule has 2 aromatic carbocycles. The van der Waals surface area contributed by atoms with Crippen molar-refractivity contribution in [2.45, 2.75) is 19.1 Å². The molecule has 0 spiro atoms. The molecule has 6 nitrogen and oxygen atoms in total. The first-order chi connectivity index (χ1) is 12.7. The van der Waals surface area contributed by atoms with Crippen LogP contribution in [0.25, 0.3) is 0 Å². The summed E-state index contributed by atoms with van der Waals surface area (Å²) in [5, 5.41) is 7.01. The van der Waals surface area contributed by atoms with E-state index in [0.717, 1.165) is 11.1 Å². The number of hydrogen-bond donors (Lipinski definition) is 1. The van der Waals surface area contributed by atoms with E-state index in [-0.39, 0.29) is 5.91 Å². The number of carbonyl (C=O) groups is 2. The number of benzene rings is 2. The van der Waals surface area contributed by atoms with Gasteiger partial charge in [0.05, 0.1) is 12.1 Å². The van der Waals surface area contributed by atoms with Crippen molar-refractivity contribution in [1.82, 2.24) is 9.78 Å². The Morgan fingerprint density at radius 2 is 2.08 bits per heavy atom. The van der Waals surface area contributed by atoms with E-state index in [4.69, 9.17) is 4.74 Å². The van der Waals surface area contributed by atoms with Gasteiger partial charge in [0.2, 0.25) is 0 Å². The van der Waals surface area contributed by atoms with Crippen LogP contribution in [-0.2, 0) is 22.5 Å². The van der Waals surface area contributed by atoms with Crippen LogP contribution in [-0.4, -0.2) is 27.8 Å². The van der Waals surface area contributed by atoms with Gasteiger partial charge in [-0.15, -0.1) is 0 Å². The van der Waals surface area contributed by atoms with Crippen LogP contribution in [0.5, 0.6) is 0 Å². The van der Waals surface area contributed by atoms with Crippen LogP contribution in [0.3, 0.4) is 0 Å². The van der Waals surface area contributed by atoms with Crippen molar-refractivity contribution < 1.29 is 14.3 Å². The van der Waals surface area contributed by atoms with Crippen LogP contribution in [0.15, 0.2) is 67.0 Å². The Labute approximate surface area is 150 Å². The molecule has 0 bridgehead atoms. The van der Waals surface area contributed by atoms with E-state index < -0.39 is 12.1 Å². The minimum absolute atomic E-state index is 0.330. The van der Waals surface area contributed by atoms with Gasteiger partial charge in [-0.25, -0.2) is 4.79 Å². The molecule has 0 aliphatic carbocycles. The van der Waals surface area contributed by atoms with Crippen molar-refractivity contribution in [3.05, 3.63) is 83.7 Å². The predicted octanol–water partition coefficient (Wildman–Crippen LogP) is 2.65. The monoisotopic (exact) mass is 347 g/mol. The lowest BCUT2D eigenvalue weighted by molar-refractivity contribution is -0.125. The Morgan fingerprint density at radius 3 is 2.92 bits per heavy atom. The maximum absolute atomic E-state index is 12.5. The van der Waals surface area contributed by atoms with Crippen molar-refractivity contribution in [2.75, 3.05) is 5.32 Å². The fourth-order valence-electron chi connectivity index (χ4n) is 3.03. The normalized spacial score (nSPS) is 15.8. The molecule has 0 fully saturated rings. The van der Waals surface area contributed by atoms with Crippen LogP contribution >= 0.6 is 0 Å². The zero-order valence-corrected chi connectivity index (χ0v) is 14.0. The third-order valence-corrected chi connectivity index (χ3v) is 4.28. The first-order valence-electron chi connectivity index (χ1n) is 8.35. The molecule has 0 radical (unpaired) electrons. The van der Waals surface area contributed by atoms with E-state index in [1.807, 2.05) is 48.7 Å². The smallest absolute Gasteiger partial charge is 0.339 e. The van der Waals surface area contributed by atoms with E-state index in [1.165, 1.54) is 0 Å². The maximum Gasteiger partial charge on any atom is 0.339 e. The second-order valence-electron chi connectivity index (χ2n) is 6.15. The average Bonchev–Trinajstić information content (AvgIpc) is 3.15. The highest BCUT2D eigenvalue weighted by Gasteiger charge is 2.31. The molecule has 1 aliphatic heterocycles. The number of nitrogens with zero attached hydrogens (tertiary/aromatic N) is 2. The number of amides is 1. The zero-order valence-electron chi connectivity index (χ0n) is 14.0. The van der Waals surface area contributed by atoms with E-state index in [2.05, 4.69) is 10.4 Å². The Hall–Kier alpha value is -3.41. The predicted molar refractivity (Wildman–Crippen MR) is 95.8 cm³/mol. The van der Waals surface area contributed by atoms with Gasteiger partial charge in [-0.3, -0.25) is 9.48 Å². The molecule has 1 aromatic heterocycles. The number of ether oxygens (including phenoxy) is 1. The minimum Gasteiger partial charge on any atom is -0.448 e. The number of cyclic esters (lactones) is 1. The summed E-state index contributed by atoms with van der Waals surface area (Å²) in [6.45, 7) is 0.614. The quantitative estimate of drug-likeness (QED) is 0.737. The van der Waals surface area contributed by atoms with Crippen molar-refractivity contribution in [1.29, 1.82) is 0 Å². The number of rotatable bonds is 4. The first kappa shape index (κ1) is 16.1. The van der Waals surface area contributed by atoms with Crippen molar-refractivity contribution in [3.63, 3.8) is 0 Å². The Morgan fingerprint density at radius 1 is 1.19 bits per heavy atom. The van der Waals surface area contributed by atoms with Crippen LogP contribution in [0.4, 0.5) is 5.69 Å². The minimum atomic E-state index is -0.827. The molecule has 0 saturated heterocycles. The fourth-order valence-corrected chi connectivity index (χ4v) is 3.03. The molecule has 4 rings (SSSR count). The Kier molecular flexibility index (Phi) is 4.23. The third kappa shape index (κ3) is 3.35. The molecule has 130 valence electrons. The molecular formula is C20H17N3O3. The van der Waals surface area contributed by atoms with Crippen molar-refractivity contribution in [2.24, 2.45) is 0 Å². The molecule has 3 aromatic rings. The second kappa shape index (κ2) is 6.84. The van der Waals surface area contributed by atoms with E-state index >= 15 is 0 Å². The molecular weight excluding hydrogens is 330 g/mol. The average molecular weight is 347 g/mol. The van der Waals surface area contributed by atoms with Crippen molar-refractivity contribution >= 4 is 17.6 Å². The molecule has 0 saturated carbocycles. The summed E-state index contributed by atoms with van der Waals surface area (Å²) in [7, 11) is 0. The molecule has 1 unspecified atom stereocenters.